The summed E-state index contributed by atoms with van der Waals surface area (Å²) in [4.78, 5) is 19.1. The number of hydrogen-bond donors (Lipinski definition) is 0. The average Bonchev–Trinajstić information content (AvgIpc) is 3.04. The van der Waals surface area contributed by atoms with Crippen LogP contribution in [0.2, 0.25) is 0 Å². The van der Waals surface area contributed by atoms with E-state index in [1.807, 2.05) is 33.8 Å². The van der Waals surface area contributed by atoms with Crippen LogP contribution >= 0.6 is 0 Å². The summed E-state index contributed by atoms with van der Waals surface area (Å²) in [5.74, 6) is 0.0499. The maximum Gasteiger partial charge on any atom is 0.255 e. The summed E-state index contributed by atoms with van der Waals surface area (Å²) in [6, 6.07) is 12.1. The zero-order chi connectivity index (χ0) is 17.6. The van der Waals surface area contributed by atoms with Crippen LogP contribution < -0.4 is 0 Å². The van der Waals surface area contributed by atoms with Gasteiger partial charge in [-0.3, -0.25) is 4.79 Å². The summed E-state index contributed by atoms with van der Waals surface area (Å²) in [6.07, 6.45) is 5.37. The van der Waals surface area contributed by atoms with Gasteiger partial charge in [-0.1, -0.05) is 44.2 Å². The molecular formula is C20H24N4O. The molecule has 3 aromatic rings. The Labute approximate surface area is 148 Å². The zero-order valence-corrected chi connectivity index (χ0v) is 14.9. The second-order valence-electron chi connectivity index (χ2n) is 6.22. The standard InChI is InChI=1S/C20H24N4O/c1-3-10-23(11-4-2)20(25)18-12-17-14-22-24(19(17)21-13-18)15-16-8-6-5-7-9-16/h5-9,12-14H,3-4,10-11,15H2,1-2H3. The topological polar surface area (TPSA) is 51.0 Å². The lowest BCUT2D eigenvalue weighted by molar-refractivity contribution is 0.0755. The molecule has 2 heterocycles. The number of hydrogen-bond acceptors (Lipinski definition) is 3. The van der Waals surface area contributed by atoms with E-state index >= 15 is 0 Å². The number of benzene rings is 1. The molecule has 0 atom stereocenters. The molecule has 0 N–H and O–H groups in total. The van der Waals surface area contributed by atoms with Gasteiger partial charge in [0.2, 0.25) is 0 Å². The molecule has 25 heavy (non-hydrogen) atoms. The number of nitrogens with zero attached hydrogens (tertiary/aromatic N) is 4. The van der Waals surface area contributed by atoms with Gasteiger partial charge in [-0.05, 0) is 24.5 Å². The van der Waals surface area contributed by atoms with Crippen molar-refractivity contribution >= 4 is 16.9 Å². The second kappa shape index (κ2) is 7.92. The molecule has 130 valence electrons. The number of amides is 1. The minimum atomic E-state index is 0.0499. The molecule has 0 saturated carbocycles. The van der Waals surface area contributed by atoms with Gasteiger partial charge in [-0.15, -0.1) is 0 Å². The monoisotopic (exact) mass is 336 g/mol. The van der Waals surface area contributed by atoms with Gasteiger partial charge in [-0.25, -0.2) is 9.67 Å². The summed E-state index contributed by atoms with van der Waals surface area (Å²) in [6.45, 7) is 6.40. The van der Waals surface area contributed by atoms with E-state index in [9.17, 15) is 4.79 Å². The predicted octanol–water partition coefficient (Wildman–Crippen LogP) is 3.74. The lowest BCUT2D eigenvalue weighted by Crippen LogP contribution is -2.32. The molecule has 0 aliphatic carbocycles. The number of pyridine rings is 1. The van der Waals surface area contributed by atoms with E-state index in [2.05, 4.69) is 36.1 Å². The minimum Gasteiger partial charge on any atom is -0.339 e. The Morgan fingerprint density at radius 1 is 1.08 bits per heavy atom. The van der Waals surface area contributed by atoms with Crippen molar-refractivity contribution in [2.45, 2.75) is 33.2 Å². The lowest BCUT2D eigenvalue weighted by Gasteiger charge is -2.21. The zero-order valence-electron chi connectivity index (χ0n) is 14.9. The molecule has 3 rings (SSSR count). The number of aromatic nitrogens is 3. The summed E-state index contributed by atoms with van der Waals surface area (Å²) in [5.41, 5.74) is 2.61. The first-order valence-electron chi connectivity index (χ1n) is 8.87. The van der Waals surface area contributed by atoms with Crippen molar-refractivity contribution in [3.8, 4) is 0 Å². The average molecular weight is 336 g/mol. The Morgan fingerprint density at radius 3 is 2.48 bits per heavy atom. The molecule has 0 fully saturated rings. The highest BCUT2D eigenvalue weighted by atomic mass is 16.2. The van der Waals surface area contributed by atoms with Gasteiger partial charge in [0, 0.05) is 24.7 Å². The third kappa shape index (κ3) is 3.87. The van der Waals surface area contributed by atoms with Crippen molar-refractivity contribution in [1.82, 2.24) is 19.7 Å². The molecule has 0 spiro atoms. The Morgan fingerprint density at radius 2 is 1.80 bits per heavy atom. The van der Waals surface area contributed by atoms with E-state index in [1.165, 1.54) is 5.56 Å². The molecule has 1 amide bonds. The summed E-state index contributed by atoms with van der Waals surface area (Å²) < 4.78 is 1.87. The molecular weight excluding hydrogens is 312 g/mol. The molecule has 0 unspecified atom stereocenters. The van der Waals surface area contributed by atoms with Crippen molar-refractivity contribution in [1.29, 1.82) is 0 Å². The number of carbonyl (C=O) groups is 1. The van der Waals surface area contributed by atoms with E-state index in [4.69, 9.17) is 0 Å². The maximum atomic E-state index is 12.7. The first kappa shape index (κ1) is 17.1. The van der Waals surface area contributed by atoms with Gasteiger partial charge in [0.25, 0.3) is 5.91 Å². The van der Waals surface area contributed by atoms with Crippen LogP contribution in [0.25, 0.3) is 11.0 Å². The van der Waals surface area contributed by atoms with Crippen LogP contribution in [0.4, 0.5) is 0 Å². The summed E-state index contributed by atoms with van der Waals surface area (Å²) in [7, 11) is 0. The summed E-state index contributed by atoms with van der Waals surface area (Å²) in [5, 5.41) is 5.34. The second-order valence-corrected chi connectivity index (χ2v) is 6.22. The van der Waals surface area contributed by atoms with E-state index < -0.39 is 0 Å². The first-order chi connectivity index (χ1) is 12.2. The van der Waals surface area contributed by atoms with Gasteiger partial charge in [0.1, 0.15) is 0 Å². The quantitative estimate of drug-likeness (QED) is 0.660. The van der Waals surface area contributed by atoms with Crippen LogP contribution in [-0.2, 0) is 6.54 Å². The van der Waals surface area contributed by atoms with Gasteiger partial charge in [-0.2, -0.15) is 5.10 Å². The van der Waals surface area contributed by atoms with E-state index in [0.717, 1.165) is 37.0 Å². The molecule has 5 nitrogen and oxygen atoms in total. The molecule has 0 aliphatic heterocycles. The van der Waals surface area contributed by atoms with Crippen molar-refractivity contribution in [3.05, 3.63) is 59.9 Å². The largest absolute Gasteiger partial charge is 0.339 e. The minimum absolute atomic E-state index is 0.0499. The summed E-state index contributed by atoms with van der Waals surface area (Å²) >= 11 is 0. The number of carbonyl (C=O) groups excluding carboxylic acids is 1. The van der Waals surface area contributed by atoms with Crippen LogP contribution in [-0.4, -0.2) is 38.7 Å². The third-order valence-corrected chi connectivity index (χ3v) is 4.17. The van der Waals surface area contributed by atoms with Gasteiger partial charge in [0.05, 0.1) is 18.3 Å². The molecule has 2 aromatic heterocycles. The van der Waals surface area contributed by atoms with Crippen LogP contribution in [0.15, 0.2) is 48.8 Å². The Kier molecular flexibility index (Phi) is 5.43. The van der Waals surface area contributed by atoms with E-state index in [1.54, 1.807) is 12.4 Å². The Bertz CT molecular complexity index is 835. The lowest BCUT2D eigenvalue weighted by atomic mass is 10.2. The fraction of sp³-hybridized carbons (Fsp3) is 0.350. The first-order valence-corrected chi connectivity index (χ1v) is 8.87. The predicted molar refractivity (Wildman–Crippen MR) is 99.6 cm³/mol. The molecule has 0 saturated heterocycles. The highest BCUT2D eigenvalue weighted by Crippen LogP contribution is 2.16. The highest BCUT2D eigenvalue weighted by Gasteiger charge is 2.16. The maximum absolute atomic E-state index is 12.7. The van der Waals surface area contributed by atoms with Gasteiger partial charge < -0.3 is 4.90 Å². The third-order valence-electron chi connectivity index (χ3n) is 4.17. The molecule has 5 heteroatoms. The fourth-order valence-corrected chi connectivity index (χ4v) is 3.00. The smallest absolute Gasteiger partial charge is 0.255 e. The van der Waals surface area contributed by atoms with Gasteiger partial charge >= 0.3 is 0 Å². The Balaban J connectivity index is 1.85. The molecule has 0 aliphatic rings. The normalized spacial score (nSPS) is 11.0. The number of rotatable bonds is 7. The number of fused-ring (bicyclic) bond motifs is 1. The van der Waals surface area contributed by atoms with Crippen LogP contribution in [0, 0.1) is 0 Å². The fourth-order valence-electron chi connectivity index (χ4n) is 3.00. The SMILES string of the molecule is CCCN(CCC)C(=O)c1cnc2c(cnn2Cc2ccccc2)c1. The van der Waals surface area contributed by atoms with E-state index in [0.29, 0.717) is 12.1 Å². The van der Waals surface area contributed by atoms with Gasteiger partial charge in [0.15, 0.2) is 5.65 Å². The van der Waals surface area contributed by atoms with Crippen LogP contribution in [0.3, 0.4) is 0 Å². The molecule has 0 bridgehead atoms. The van der Waals surface area contributed by atoms with Crippen molar-refractivity contribution < 1.29 is 4.79 Å². The van der Waals surface area contributed by atoms with Crippen molar-refractivity contribution in [3.63, 3.8) is 0 Å². The van der Waals surface area contributed by atoms with E-state index in [-0.39, 0.29) is 5.91 Å². The Hall–Kier alpha value is -2.69. The molecule has 1 aromatic carbocycles. The highest BCUT2D eigenvalue weighted by molar-refractivity contribution is 5.96. The van der Waals surface area contributed by atoms with Crippen LogP contribution in [0.1, 0.15) is 42.6 Å². The molecule has 0 radical (unpaired) electrons. The van der Waals surface area contributed by atoms with Crippen molar-refractivity contribution in [2.75, 3.05) is 13.1 Å². The van der Waals surface area contributed by atoms with Crippen LogP contribution in [0.5, 0.6) is 0 Å². The van der Waals surface area contributed by atoms with Crippen molar-refractivity contribution in [2.24, 2.45) is 0 Å².